The van der Waals surface area contributed by atoms with Gasteiger partial charge in [-0.1, -0.05) is 27.2 Å². The van der Waals surface area contributed by atoms with Crippen LogP contribution in [0.1, 0.15) is 59.8 Å². The molecule has 1 unspecified atom stereocenters. The minimum absolute atomic E-state index is 0.135. The number of imide groups is 1. The number of likely N-dealkylation sites (N-methyl/N-ethyl adjacent to an activating group) is 1. The van der Waals surface area contributed by atoms with Crippen LogP contribution in [0.5, 0.6) is 0 Å². The third kappa shape index (κ3) is 3.72. The Hall–Kier alpha value is -1.63. The average Bonchev–Trinajstić information content (AvgIpc) is 2.84. The molecule has 0 aromatic rings. The summed E-state index contributed by atoms with van der Waals surface area (Å²) in [5, 5.41) is 2.89. The lowest BCUT2D eigenvalue weighted by Crippen LogP contribution is -2.51. The van der Waals surface area contributed by atoms with Crippen molar-refractivity contribution in [3.63, 3.8) is 0 Å². The molecule has 148 valence electrons. The summed E-state index contributed by atoms with van der Waals surface area (Å²) < 4.78 is 0. The van der Waals surface area contributed by atoms with Gasteiger partial charge >= 0.3 is 6.03 Å². The fraction of sp³-hybridized carbons (Fsp3) is 0.842. The van der Waals surface area contributed by atoms with Crippen molar-refractivity contribution in [3.05, 3.63) is 0 Å². The Morgan fingerprint density at radius 1 is 1.38 bits per heavy atom. The van der Waals surface area contributed by atoms with Gasteiger partial charge in [0.2, 0.25) is 5.91 Å². The van der Waals surface area contributed by atoms with Crippen LogP contribution in [0.2, 0.25) is 0 Å². The first-order chi connectivity index (χ1) is 12.1. The summed E-state index contributed by atoms with van der Waals surface area (Å²) in [6.07, 6.45) is 4.21. The Bertz CT molecular complexity index is 567. The third-order valence-corrected chi connectivity index (χ3v) is 6.79. The van der Waals surface area contributed by atoms with Gasteiger partial charge in [-0.25, -0.2) is 4.79 Å². The second-order valence-corrected chi connectivity index (χ2v) is 8.61. The fourth-order valence-electron chi connectivity index (χ4n) is 3.99. The predicted octanol–water partition coefficient (Wildman–Crippen LogP) is 1.71. The van der Waals surface area contributed by atoms with Crippen LogP contribution in [-0.2, 0) is 9.59 Å². The van der Waals surface area contributed by atoms with Gasteiger partial charge in [-0.15, -0.1) is 0 Å². The van der Waals surface area contributed by atoms with Gasteiger partial charge < -0.3 is 16.0 Å². The molecular formula is C19H34N4O3. The number of amides is 4. The average molecular weight is 367 g/mol. The summed E-state index contributed by atoms with van der Waals surface area (Å²) in [6, 6.07) is -0.589. The summed E-state index contributed by atoms with van der Waals surface area (Å²) in [6.45, 7) is 8.67. The van der Waals surface area contributed by atoms with Crippen LogP contribution in [0.15, 0.2) is 0 Å². The van der Waals surface area contributed by atoms with Gasteiger partial charge in [-0.2, -0.15) is 0 Å². The maximum absolute atomic E-state index is 13.0. The topological polar surface area (TPSA) is 95.7 Å². The summed E-state index contributed by atoms with van der Waals surface area (Å²) >= 11 is 0. The number of urea groups is 1. The maximum Gasteiger partial charge on any atom is 0.325 e. The van der Waals surface area contributed by atoms with Gasteiger partial charge in [0.05, 0.1) is 0 Å². The zero-order chi connectivity index (χ0) is 19.7. The Kier molecular flexibility index (Phi) is 6.00. The van der Waals surface area contributed by atoms with Crippen molar-refractivity contribution in [2.45, 2.75) is 71.4 Å². The second-order valence-electron chi connectivity index (χ2n) is 8.61. The molecule has 0 bridgehead atoms. The van der Waals surface area contributed by atoms with Crippen LogP contribution in [0.3, 0.4) is 0 Å². The van der Waals surface area contributed by atoms with Crippen molar-refractivity contribution in [1.29, 1.82) is 0 Å². The molecule has 0 aromatic carbocycles. The van der Waals surface area contributed by atoms with Crippen molar-refractivity contribution >= 4 is 17.8 Å². The van der Waals surface area contributed by atoms with E-state index in [1.54, 1.807) is 7.05 Å². The number of nitrogens with zero attached hydrogens (tertiary/aromatic N) is 2. The molecule has 26 heavy (non-hydrogen) atoms. The monoisotopic (exact) mass is 366 g/mol. The van der Waals surface area contributed by atoms with E-state index in [9.17, 15) is 14.4 Å². The highest BCUT2D eigenvalue weighted by Crippen LogP contribution is 2.45. The van der Waals surface area contributed by atoms with Crippen LogP contribution in [-0.4, -0.2) is 59.4 Å². The van der Waals surface area contributed by atoms with E-state index in [-0.39, 0.29) is 29.8 Å². The van der Waals surface area contributed by atoms with E-state index in [4.69, 9.17) is 5.73 Å². The van der Waals surface area contributed by atoms with Crippen LogP contribution >= 0.6 is 0 Å². The maximum atomic E-state index is 13.0. The Balaban J connectivity index is 2.04. The number of nitrogens with one attached hydrogen (secondary N) is 1. The summed E-state index contributed by atoms with van der Waals surface area (Å²) in [5.41, 5.74) is 5.01. The molecule has 3 N–H and O–H groups in total. The molecule has 4 amide bonds. The Labute approximate surface area is 156 Å². The van der Waals surface area contributed by atoms with Crippen LogP contribution in [0, 0.1) is 11.3 Å². The fourth-order valence-corrected chi connectivity index (χ4v) is 3.99. The number of hydrogen-bond donors (Lipinski definition) is 2. The van der Waals surface area contributed by atoms with Crippen LogP contribution in [0.4, 0.5) is 4.79 Å². The molecule has 1 saturated heterocycles. The largest absolute Gasteiger partial charge is 0.340 e. The number of rotatable bonds is 6. The zero-order valence-corrected chi connectivity index (χ0v) is 16.8. The molecule has 2 rings (SSSR count). The molecule has 1 spiro atoms. The molecule has 1 aliphatic heterocycles. The summed E-state index contributed by atoms with van der Waals surface area (Å²) in [4.78, 5) is 40.3. The smallest absolute Gasteiger partial charge is 0.325 e. The summed E-state index contributed by atoms with van der Waals surface area (Å²) in [5.74, 6) is 0.0248. The van der Waals surface area contributed by atoms with E-state index < -0.39 is 11.6 Å². The van der Waals surface area contributed by atoms with E-state index in [1.165, 1.54) is 4.90 Å². The zero-order valence-electron chi connectivity index (χ0n) is 16.8. The van der Waals surface area contributed by atoms with E-state index in [0.29, 0.717) is 25.3 Å². The number of hydrogen-bond acceptors (Lipinski definition) is 4. The summed E-state index contributed by atoms with van der Waals surface area (Å²) in [7, 11) is 1.64. The predicted molar refractivity (Wildman–Crippen MR) is 100 cm³/mol. The van der Waals surface area contributed by atoms with Crippen LogP contribution < -0.4 is 11.1 Å². The molecule has 1 heterocycles. The standard InChI is InChI=1S/C19H34N4O3/c1-6-18(3,4)14-7-9-19(10-8-14)16(25)23(17(26)21-19)12-15(24)22(5)13(2)11-20/h13-14H,6-12,20H2,1-5H3,(H,21,26). The Morgan fingerprint density at radius 2 is 1.96 bits per heavy atom. The highest BCUT2D eigenvalue weighted by molar-refractivity contribution is 6.09. The third-order valence-electron chi connectivity index (χ3n) is 6.79. The van der Waals surface area contributed by atoms with E-state index in [2.05, 4.69) is 26.1 Å². The molecule has 1 saturated carbocycles. The van der Waals surface area contributed by atoms with Gasteiger partial charge in [-0.05, 0) is 43.9 Å². The van der Waals surface area contributed by atoms with Gasteiger partial charge in [0, 0.05) is 19.6 Å². The molecule has 2 aliphatic rings. The molecule has 1 aliphatic carbocycles. The number of carbonyl (C=O) groups excluding carboxylic acids is 3. The first-order valence-electron chi connectivity index (χ1n) is 9.68. The molecule has 7 heteroatoms. The van der Waals surface area contributed by atoms with E-state index >= 15 is 0 Å². The highest BCUT2D eigenvalue weighted by Gasteiger charge is 2.53. The lowest BCUT2D eigenvalue weighted by molar-refractivity contribution is -0.140. The highest BCUT2D eigenvalue weighted by atomic mass is 16.2. The van der Waals surface area contributed by atoms with Gasteiger partial charge in [0.1, 0.15) is 12.1 Å². The molecule has 2 fully saturated rings. The van der Waals surface area contributed by atoms with Crippen molar-refractivity contribution < 1.29 is 14.4 Å². The van der Waals surface area contributed by atoms with Crippen LogP contribution in [0.25, 0.3) is 0 Å². The Morgan fingerprint density at radius 3 is 2.46 bits per heavy atom. The van der Waals surface area contributed by atoms with Gasteiger partial charge in [-0.3, -0.25) is 14.5 Å². The van der Waals surface area contributed by atoms with Crippen molar-refractivity contribution in [2.75, 3.05) is 20.1 Å². The molecular weight excluding hydrogens is 332 g/mol. The second kappa shape index (κ2) is 7.55. The van der Waals surface area contributed by atoms with Crippen molar-refractivity contribution in [1.82, 2.24) is 15.1 Å². The molecule has 1 atom stereocenters. The minimum atomic E-state index is -0.824. The van der Waals surface area contributed by atoms with Gasteiger partial charge in [0.15, 0.2) is 0 Å². The van der Waals surface area contributed by atoms with Crippen molar-refractivity contribution in [3.8, 4) is 0 Å². The van der Waals surface area contributed by atoms with Gasteiger partial charge in [0.25, 0.3) is 5.91 Å². The lowest BCUT2D eigenvalue weighted by atomic mass is 9.65. The van der Waals surface area contributed by atoms with Crippen molar-refractivity contribution in [2.24, 2.45) is 17.1 Å². The lowest BCUT2D eigenvalue weighted by Gasteiger charge is -2.42. The molecule has 0 radical (unpaired) electrons. The SMILES string of the molecule is CCC(C)(C)C1CCC2(CC1)NC(=O)N(CC(=O)N(C)C(C)CN)C2=O. The quantitative estimate of drug-likeness (QED) is 0.700. The number of nitrogens with two attached hydrogens (primary N) is 1. The molecule has 0 aromatic heterocycles. The van der Waals surface area contributed by atoms with E-state index in [1.807, 2.05) is 6.92 Å². The molecule has 7 nitrogen and oxygen atoms in total. The first-order valence-corrected chi connectivity index (χ1v) is 9.68. The normalized spacial score (nSPS) is 27.6. The minimum Gasteiger partial charge on any atom is -0.340 e. The van der Waals surface area contributed by atoms with E-state index in [0.717, 1.165) is 24.2 Å². The number of carbonyl (C=O) groups is 3. The first kappa shape index (κ1) is 20.7.